The minimum absolute atomic E-state index is 0.228. The number of hydrogen-bond acceptors (Lipinski definition) is 2. The summed E-state index contributed by atoms with van der Waals surface area (Å²) in [6, 6.07) is 19.2. The van der Waals surface area contributed by atoms with Gasteiger partial charge in [-0.05, 0) is 37.5 Å². The summed E-state index contributed by atoms with van der Waals surface area (Å²) in [6.45, 7) is 6.31. The monoisotopic (exact) mass is 269 g/mol. The van der Waals surface area contributed by atoms with Crippen LogP contribution in [0.5, 0.6) is 0 Å². The second kappa shape index (κ2) is 6.21. The van der Waals surface area contributed by atoms with E-state index in [0.717, 1.165) is 0 Å². The molecule has 1 atom stereocenters. The highest BCUT2D eigenvalue weighted by molar-refractivity contribution is 5.63. The fraction of sp³-hybridized carbons (Fsp3) is 0.333. The van der Waals surface area contributed by atoms with Gasteiger partial charge in [0.2, 0.25) is 0 Å². The average molecular weight is 269 g/mol. The Morgan fingerprint density at radius 2 is 1.50 bits per heavy atom. The van der Waals surface area contributed by atoms with Crippen molar-refractivity contribution < 1.29 is 5.11 Å². The average Bonchev–Trinajstić information content (AvgIpc) is 2.45. The first-order chi connectivity index (χ1) is 9.46. The van der Waals surface area contributed by atoms with Gasteiger partial charge in [0, 0.05) is 12.6 Å². The first-order valence-corrected chi connectivity index (χ1v) is 7.07. The van der Waals surface area contributed by atoms with E-state index in [1.165, 1.54) is 16.7 Å². The van der Waals surface area contributed by atoms with Gasteiger partial charge in [-0.3, -0.25) is 0 Å². The molecule has 0 spiro atoms. The van der Waals surface area contributed by atoms with Crippen molar-refractivity contribution in [1.29, 1.82) is 0 Å². The fourth-order valence-corrected chi connectivity index (χ4v) is 2.12. The third-order valence-electron chi connectivity index (χ3n) is 3.36. The first kappa shape index (κ1) is 14.8. The second-order valence-electron chi connectivity index (χ2n) is 5.90. The maximum Gasteiger partial charge on any atom is 0.0715 e. The highest BCUT2D eigenvalue weighted by atomic mass is 16.3. The largest absolute Gasteiger partial charge is 0.389 e. The molecule has 2 aromatic rings. The van der Waals surface area contributed by atoms with Gasteiger partial charge >= 0.3 is 0 Å². The summed E-state index contributed by atoms with van der Waals surface area (Å²) in [6.07, 6.45) is 0. The Balaban J connectivity index is 2.05. The van der Waals surface area contributed by atoms with E-state index in [0.29, 0.717) is 6.54 Å². The van der Waals surface area contributed by atoms with Crippen LogP contribution in [0.15, 0.2) is 54.6 Å². The normalized spacial score (nSPS) is 13.2. The number of nitrogens with one attached hydrogen (secondary N) is 1. The van der Waals surface area contributed by atoms with Crippen molar-refractivity contribution >= 4 is 0 Å². The third kappa shape index (κ3) is 4.19. The van der Waals surface area contributed by atoms with Crippen LogP contribution in [-0.2, 0) is 0 Å². The van der Waals surface area contributed by atoms with E-state index in [4.69, 9.17) is 0 Å². The number of benzene rings is 2. The van der Waals surface area contributed by atoms with Gasteiger partial charge in [-0.15, -0.1) is 0 Å². The molecule has 0 fully saturated rings. The predicted molar refractivity (Wildman–Crippen MR) is 84.6 cm³/mol. The molecule has 2 rings (SSSR count). The Kier molecular flexibility index (Phi) is 4.58. The maximum atomic E-state index is 9.74. The number of hydrogen-bond donors (Lipinski definition) is 2. The molecule has 2 heteroatoms. The molecule has 0 amide bonds. The van der Waals surface area contributed by atoms with Crippen LogP contribution < -0.4 is 5.32 Å². The lowest BCUT2D eigenvalue weighted by atomic mass is 10.0. The summed E-state index contributed by atoms with van der Waals surface area (Å²) in [4.78, 5) is 0. The zero-order valence-corrected chi connectivity index (χ0v) is 12.4. The van der Waals surface area contributed by atoms with Crippen molar-refractivity contribution in [2.24, 2.45) is 0 Å². The second-order valence-corrected chi connectivity index (χ2v) is 5.90. The van der Waals surface area contributed by atoms with Gasteiger partial charge in [0.15, 0.2) is 0 Å². The van der Waals surface area contributed by atoms with Crippen LogP contribution in [-0.4, -0.2) is 17.3 Å². The summed E-state index contributed by atoms with van der Waals surface area (Å²) in [7, 11) is 0. The van der Waals surface area contributed by atoms with Crippen LogP contribution in [0, 0.1) is 0 Å². The molecule has 0 aliphatic heterocycles. The Morgan fingerprint density at radius 3 is 2.05 bits per heavy atom. The van der Waals surface area contributed by atoms with Crippen molar-refractivity contribution in [2.75, 3.05) is 6.54 Å². The van der Waals surface area contributed by atoms with Crippen LogP contribution >= 0.6 is 0 Å². The van der Waals surface area contributed by atoms with Crippen molar-refractivity contribution in [2.45, 2.75) is 32.4 Å². The van der Waals surface area contributed by atoms with E-state index >= 15 is 0 Å². The van der Waals surface area contributed by atoms with E-state index < -0.39 is 5.60 Å². The van der Waals surface area contributed by atoms with Gasteiger partial charge in [-0.2, -0.15) is 0 Å². The topological polar surface area (TPSA) is 32.3 Å². The molecule has 0 aromatic heterocycles. The van der Waals surface area contributed by atoms with E-state index in [2.05, 4.69) is 60.8 Å². The highest BCUT2D eigenvalue weighted by Crippen LogP contribution is 2.21. The summed E-state index contributed by atoms with van der Waals surface area (Å²) in [5.41, 5.74) is 3.01. The molecule has 0 saturated carbocycles. The van der Waals surface area contributed by atoms with E-state index in [1.54, 1.807) is 0 Å². The lowest BCUT2D eigenvalue weighted by Gasteiger charge is -2.22. The Hall–Kier alpha value is -1.64. The van der Waals surface area contributed by atoms with E-state index in [-0.39, 0.29) is 6.04 Å². The van der Waals surface area contributed by atoms with Crippen LogP contribution in [0.1, 0.15) is 32.4 Å². The molecule has 0 aliphatic rings. The van der Waals surface area contributed by atoms with Crippen molar-refractivity contribution in [3.63, 3.8) is 0 Å². The number of aliphatic hydroxyl groups is 1. The predicted octanol–water partition coefficient (Wildman–Crippen LogP) is 3.78. The molecule has 0 heterocycles. The van der Waals surface area contributed by atoms with Crippen LogP contribution in [0.2, 0.25) is 0 Å². The van der Waals surface area contributed by atoms with Crippen LogP contribution in [0.3, 0.4) is 0 Å². The lowest BCUT2D eigenvalue weighted by molar-refractivity contribution is 0.0770. The summed E-state index contributed by atoms with van der Waals surface area (Å²) >= 11 is 0. The summed E-state index contributed by atoms with van der Waals surface area (Å²) in [5, 5.41) is 13.1. The molecule has 2 N–H and O–H groups in total. The molecule has 2 aromatic carbocycles. The highest BCUT2D eigenvalue weighted by Gasteiger charge is 2.14. The van der Waals surface area contributed by atoms with Crippen molar-refractivity contribution in [3.05, 3.63) is 60.2 Å². The maximum absolute atomic E-state index is 9.74. The summed E-state index contributed by atoms with van der Waals surface area (Å²) in [5.74, 6) is 0. The minimum Gasteiger partial charge on any atom is -0.389 e. The van der Waals surface area contributed by atoms with E-state index in [1.807, 2.05) is 19.9 Å². The fourth-order valence-electron chi connectivity index (χ4n) is 2.12. The smallest absolute Gasteiger partial charge is 0.0715 e. The minimum atomic E-state index is -0.682. The Morgan fingerprint density at radius 1 is 0.950 bits per heavy atom. The van der Waals surface area contributed by atoms with Gasteiger partial charge < -0.3 is 10.4 Å². The lowest BCUT2D eigenvalue weighted by Crippen LogP contribution is -2.36. The SMILES string of the molecule is CC(NCC(C)(C)O)c1ccc(-c2ccccc2)cc1. The molecule has 106 valence electrons. The molecule has 20 heavy (non-hydrogen) atoms. The quantitative estimate of drug-likeness (QED) is 0.866. The number of rotatable bonds is 5. The third-order valence-corrected chi connectivity index (χ3v) is 3.36. The van der Waals surface area contributed by atoms with Crippen molar-refractivity contribution in [3.8, 4) is 11.1 Å². The van der Waals surface area contributed by atoms with Crippen molar-refractivity contribution in [1.82, 2.24) is 5.32 Å². The molecule has 0 aliphatic carbocycles. The zero-order valence-electron chi connectivity index (χ0n) is 12.4. The van der Waals surface area contributed by atoms with Gasteiger partial charge in [0.1, 0.15) is 0 Å². The van der Waals surface area contributed by atoms with Gasteiger partial charge in [-0.1, -0.05) is 54.6 Å². The molecule has 0 saturated heterocycles. The molecule has 1 unspecified atom stereocenters. The first-order valence-electron chi connectivity index (χ1n) is 7.07. The molecule has 2 nitrogen and oxygen atoms in total. The Bertz CT molecular complexity index is 526. The standard InChI is InChI=1S/C18H23NO/c1-14(19-13-18(2,3)20)15-9-11-17(12-10-15)16-7-5-4-6-8-16/h4-12,14,19-20H,13H2,1-3H3. The molecule has 0 bridgehead atoms. The van der Waals surface area contributed by atoms with Gasteiger partial charge in [0.05, 0.1) is 5.60 Å². The van der Waals surface area contributed by atoms with Gasteiger partial charge in [-0.25, -0.2) is 0 Å². The van der Waals surface area contributed by atoms with Gasteiger partial charge in [0.25, 0.3) is 0 Å². The molecular formula is C18H23NO. The zero-order chi connectivity index (χ0) is 14.6. The van der Waals surface area contributed by atoms with Crippen LogP contribution in [0.4, 0.5) is 0 Å². The summed E-state index contributed by atoms with van der Waals surface area (Å²) < 4.78 is 0. The van der Waals surface area contributed by atoms with Crippen LogP contribution in [0.25, 0.3) is 11.1 Å². The Labute approximate surface area is 121 Å². The molecular weight excluding hydrogens is 246 g/mol. The molecule has 0 radical (unpaired) electrons. The van der Waals surface area contributed by atoms with E-state index in [9.17, 15) is 5.11 Å².